The fourth-order valence-corrected chi connectivity index (χ4v) is 3.33. The molecule has 1 aliphatic rings. The van der Waals surface area contributed by atoms with Crippen LogP contribution in [0.25, 0.3) is 0 Å². The molecule has 3 amide bonds. The Labute approximate surface area is 177 Å². The van der Waals surface area contributed by atoms with Gasteiger partial charge in [0, 0.05) is 38.3 Å². The van der Waals surface area contributed by atoms with Gasteiger partial charge < -0.3 is 24.6 Å². The van der Waals surface area contributed by atoms with Crippen molar-refractivity contribution >= 4 is 11.9 Å². The van der Waals surface area contributed by atoms with Crippen LogP contribution in [0, 0.1) is 0 Å². The molecule has 0 spiro atoms. The maximum absolute atomic E-state index is 12.6. The van der Waals surface area contributed by atoms with E-state index in [4.69, 9.17) is 9.47 Å². The number of hydrogen-bond acceptors (Lipinski definition) is 4. The van der Waals surface area contributed by atoms with Gasteiger partial charge in [-0.15, -0.1) is 0 Å². The molecular weight excluding hydrogens is 382 g/mol. The molecule has 2 aromatic carbocycles. The Morgan fingerprint density at radius 2 is 1.50 bits per heavy atom. The van der Waals surface area contributed by atoms with E-state index in [2.05, 4.69) is 5.32 Å². The molecule has 1 aliphatic heterocycles. The summed E-state index contributed by atoms with van der Waals surface area (Å²) in [6.07, 6.45) is 0. The number of nitrogens with zero attached hydrogens (tertiary/aromatic N) is 2. The van der Waals surface area contributed by atoms with Crippen LogP contribution < -0.4 is 14.8 Å². The Balaban J connectivity index is 1.55. The fraction of sp³-hybridized carbons (Fsp3) is 0.391. The molecule has 30 heavy (non-hydrogen) atoms. The number of carbonyl (C=O) groups excluding carboxylic acids is 2. The van der Waals surface area contributed by atoms with E-state index < -0.39 is 0 Å². The lowest BCUT2D eigenvalue weighted by atomic mass is 10.1. The lowest BCUT2D eigenvalue weighted by Gasteiger charge is -2.22. The number of ether oxygens (including phenoxy) is 2. The maximum atomic E-state index is 12.6. The predicted octanol–water partition coefficient (Wildman–Crippen LogP) is 3.63. The largest absolute Gasteiger partial charge is 0.454 e. The Hall–Kier alpha value is -3.22. The monoisotopic (exact) mass is 411 g/mol. The molecule has 0 aromatic heterocycles. The van der Waals surface area contributed by atoms with Crippen LogP contribution >= 0.6 is 0 Å². The molecule has 3 rings (SSSR count). The smallest absolute Gasteiger partial charge is 0.317 e. The van der Waals surface area contributed by atoms with Gasteiger partial charge in [-0.2, -0.15) is 0 Å². The quantitative estimate of drug-likeness (QED) is 0.720. The predicted molar refractivity (Wildman–Crippen MR) is 115 cm³/mol. The minimum absolute atomic E-state index is 0.0245. The first-order valence-corrected chi connectivity index (χ1v) is 10.3. The number of nitrogens with one attached hydrogen (secondary N) is 1. The van der Waals surface area contributed by atoms with E-state index in [1.807, 2.05) is 63.2 Å². The van der Waals surface area contributed by atoms with Crippen LogP contribution in [0.4, 0.5) is 4.79 Å². The lowest BCUT2D eigenvalue weighted by Crippen LogP contribution is -2.39. The Bertz CT molecular complexity index is 879. The molecule has 0 radical (unpaired) electrons. The molecule has 0 saturated heterocycles. The second kappa shape index (κ2) is 10.0. The average molecular weight is 412 g/mol. The van der Waals surface area contributed by atoms with E-state index in [0.717, 1.165) is 16.9 Å². The van der Waals surface area contributed by atoms with Crippen molar-refractivity contribution in [2.24, 2.45) is 0 Å². The second-order valence-electron chi connectivity index (χ2n) is 7.03. The van der Waals surface area contributed by atoms with Crippen LogP contribution in [0.3, 0.4) is 0 Å². The van der Waals surface area contributed by atoms with Crippen LogP contribution in [0.5, 0.6) is 11.5 Å². The molecule has 0 bridgehead atoms. The highest BCUT2D eigenvalue weighted by molar-refractivity contribution is 5.94. The SMILES string of the molecule is CCN(Cc1ccc2c(c1)OCO2)C(=O)NCc1ccc(C(=O)N(CC)CC)cc1. The minimum atomic E-state index is -0.140. The number of hydrogen-bond donors (Lipinski definition) is 1. The molecule has 1 N–H and O–H groups in total. The number of carbonyl (C=O) groups is 2. The number of amides is 3. The van der Waals surface area contributed by atoms with Crippen molar-refractivity contribution in [2.75, 3.05) is 26.4 Å². The number of rotatable bonds is 8. The van der Waals surface area contributed by atoms with E-state index >= 15 is 0 Å². The van der Waals surface area contributed by atoms with E-state index in [-0.39, 0.29) is 18.7 Å². The van der Waals surface area contributed by atoms with E-state index in [1.165, 1.54) is 0 Å². The molecule has 7 heteroatoms. The summed E-state index contributed by atoms with van der Waals surface area (Å²) in [5, 5.41) is 2.95. The van der Waals surface area contributed by atoms with Crippen LogP contribution in [0.2, 0.25) is 0 Å². The van der Waals surface area contributed by atoms with Gasteiger partial charge >= 0.3 is 6.03 Å². The summed E-state index contributed by atoms with van der Waals surface area (Å²) in [7, 11) is 0. The van der Waals surface area contributed by atoms with Crippen LogP contribution in [0.15, 0.2) is 42.5 Å². The third kappa shape index (κ3) is 5.03. The molecule has 7 nitrogen and oxygen atoms in total. The van der Waals surface area contributed by atoms with Gasteiger partial charge in [0.05, 0.1) is 0 Å². The molecule has 0 aliphatic carbocycles. The van der Waals surface area contributed by atoms with Gasteiger partial charge in [-0.1, -0.05) is 18.2 Å². The molecular formula is C23H29N3O4. The first kappa shape index (κ1) is 21.5. The van der Waals surface area contributed by atoms with Crippen molar-refractivity contribution in [1.29, 1.82) is 0 Å². The molecule has 160 valence electrons. The zero-order chi connectivity index (χ0) is 21.5. The van der Waals surface area contributed by atoms with Crippen LogP contribution in [-0.4, -0.2) is 48.2 Å². The normalized spacial score (nSPS) is 11.8. The molecule has 0 fully saturated rings. The topological polar surface area (TPSA) is 71.1 Å². The highest BCUT2D eigenvalue weighted by atomic mass is 16.7. The van der Waals surface area contributed by atoms with E-state index in [1.54, 1.807) is 9.80 Å². The summed E-state index contributed by atoms with van der Waals surface area (Å²) in [5.74, 6) is 1.47. The van der Waals surface area contributed by atoms with Crippen molar-refractivity contribution in [3.05, 3.63) is 59.2 Å². The van der Waals surface area contributed by atoms with Gasteiger partial charge in [0.2, 0.25) is 6.79 Å². The first-order valence-electron chi connectivity index (χ1n) is 10.3. The number of benzene rings is 2. The standard InChI is InChI=1S/C23H29N3O4/c1-4-25(5-2)22(27)19-10-7-17(8-11-19)14-24-23(28)26(6-3)15-18-9-12-20-21(13-18)30-16-29-20/h7-13H,4-6,14-16H2,1-3H3,(H,24,28). The van der Waals surface area contributed by atoms with Gasteiger partial charge in [0.15, 0.2) is 11.5 Å². The van der Waals surface area contributed by atoms with Gasteiger partial charge in [-0.3, -0.25) is 4.79 Å². The van der Waals surface area contributed by atoms with Crippen LogP contribution in [0.1, 0.15) is 42.3 Å². The van der Waals surface area contributed by atoms with Crippen molar-refractivity contribution in [1.82, 2.24) is 15.1 Å². The molecule has 1 heterocycles. The van der Waals surface area contributed by atoms with Gasteiger partial charge in [-0.05, 0) is 56.2 Å². The molecule has 2 aromatic rings. The summed E-state index contributed by atoms with van der Waals surface area (Å²) in [6.45, 7) is 8.94. The highest BCUT2D eigenvalue weighted by Crippen LogP contribution is 2.32. The lowest BCUT2D eigenvalue weighted by molar-refractivity contribution is 0.0773. The Morgan fingerprint density at radius 1 is 0.867 bits per heavy atom. The van der Waals surface area contributed by atoms with Crippen molar-refractivity contribution < 1.29 is 19.1 Å². The summed E-state index contributed by atoms with van der Waals surface area (Å²) in [6, 6.07) is 13.0. The average Bonchev–Trinajstić information content (AvgIpc) is 3.24. The van der Waals surface area contributed by atoms with Gasteiger partial charge in [0.25, 0.3) is 5.91 Å². The second-order valence-corrected chi connectivity index (χ2v) is 7.03. The van der Waals surface area contributed by atoms with Crippen molar-refractivity contribution in [2.45, 2.75) is 33.9 Å². The highest BCUT2D eigenvalue weighted by Gasteiger charge is 2.17. The van der Waals surface area contributed by atoms with Crippen LogP contribution in [-0.2, 0) is 13.1 Å². The van der Waals surface area contributed by atoms with Gasteiger partial charge in [-0.25, -0.2) is 4.79 Å². The molecule has 0 atom stereocenters. The molecule has 0 unspecified atom stereocenters. The van der Waals surface area contributed by atoms with Crippen molar-refractivity contribution in [3.63, 3.8) is 0 Å². The Kier molecular flexibility index (Phi) is 7.17. The number of urea groups is 1. The third-order valence-corrected chi connectivity index (χ3v) is 5.17. The zero-order valence-corrected chi connectivity index (χ0v) is 17.8. The Morgan fingerprint density at radius 3 is 2.17 bits per heavy atom. The summed E-state index contributed by atoms with van der Waals surface area (Å²) in [4.78, 5) is 28.5. The van der Waals surface area contributed by atoms with Gasteiger partial charge in [0.1, 0.15) is 0 Å². The van der Waals surface area contributed by atoms with Crippen molar-refractivity contribution in [3.8, 4) is 11.5 Å². The minimum Gasteiger partial charge on any atom is -0.454 e. The number of fused-ring (bicyclic) bond motifs is 1. The summed E-state index contributed by atoms with van der Waals surface area (Å²) < 4.78 is 10.7. The van der Waals surface area contributed by atoms with E-state index in [9.17, 15) is 9.59 Å². The summed E-state index contributed by atoms with van der Waals surface area (Å²) >= 11 is 0. The fourth-order valence-electron chi connectivity index (χ4n) is 3.33. The first-order chi connectivity index (χ1) is 14.5. The van der Waals surface area contributed by atoms with E-state index in [0.29, 0.717) is 44.0 Å². The third-order valence-electron chi connectivity index (χ3n) is 5.17. The zero-order valence-electron chi connectivity index (χ0n) is 17.8. The molecule has 0 saturated carbocycles. The maximum Gasteiger partial charge on any atom is 0.317 e. The summed E-state index contributed by atoms with van der Waals surface area (Å²) in [5.41, 5.74) is 2.58.